The Labute approximate surface area is 136 Å². The van der Waals surface area contributed by atoms with Crippen LogP contribution in [0, 0.1) is 0 Å². The Kier molecular flexibility index (Phi) is 4.04. The summed E-state index contributed by atoms with van der Waals surface area (Å²) in [5.74, 6) is -0.0458. The minimum atomic E-state index is -0.0458. The van der Waals surface area contributed by atoms with Gasteiger partial charge < -0.3 is 15.4 Å². The van der Waals surface area contributed by atoms with Crippen LogP contribution in [0.2, 0.25) is 5.02 Å². The number of nitrogens with one attached hydrogen (secondary N) is 2. The van der Waals surface area contributed by atoms with E-state index in [0.717, 1.165) is 16.6 Å². The number of thiocarbonyl (C=S) groups is 1. The number of hydrogen-bond acceptors (Lipinski definition) is 3. The van der Waals surface area contributed by atoms with E-state index in [1.165, 1.54) is 0 Å². The molecule has 0 saturated heterocycles. The Bertz CT molecular complexity index is 875. The van der Waals surface area contributed by atoms with Gasteiger partial charge in [0.2, 0.25) is 11.0 Å². The fourth-order valence-corrected chi connectivity index (χ4v) is 2.37. The monoisotopic (exact) mass is 330 g/mol. The van der Waals surface area contributed by atoms with Gasteiger partial charge in [-0.3, -0.25) is 0 Å². The normalized spacial score (nSPS) is 11.1. The largest absolute Gasteiger partial charge is 0.493 e. The second kappa shape index (κ2) is 6.13. The molecular weight excluding hydrogens is 320 g/mol. The number of rotatable bonds is 2. The summed E-state index contributed by atoms with van der Waals surface area (Å²) in [5, 5.41) is 22.3. The first kappa shape index (κ1) is 14.5. The zero-order chi connectivity index (χ0) is 15.5. The Morgan fingerprint density at radius 1 is 1.18 bits per heavy atom. The van der Waals surface area contributed by atoms with E-state index in [4.69, 9.17) is 23.8 Å². The van der Waals surface area contributed by atoms with E-state index in [-0.39, 0.29) is 11.0 Å². The summed E-state index contributed by atoms with van der Waals surface area (Å²) < 4.78 is 0. The number of H-pyrrole nitrogens is 1. The van der Waals surface area contributed by atoms with Crippen LogP contribution in [0.3, 0.4) is 0 Å². The van der Waals surface area contributed by atoms with Crippen molar-refractivity contribution in [2.45, 2.75) is 0 Å². The van der Waals surface area contributed by atoms with Crippen LogP contribution in [0.25, 0.3) is 10.9 Å². The molecule has 1 heterocycles. The van der Waals surface area contributed by atoms with E-state index in [1.54, 1.807) is 18.2 Å². The van der Waals surface area contributed by atoms with Gasteiger partial charge in [0.1, 0.15) is 0 Å². The van der Waals surface area contributed by atoms with Crippen molar-refractivity contribution in [2.75, 3.05) is 5.32 Å². The molecule has 0 aliphatic carbocycles. The highest BCUT2D eigenvalue weighted by Crippen LogP contribution is 2.35. The first-order chi connectivity index (χ1) is 10.6. The molecule has 0 fully saturated rings. The number of aromatic amines is 1. The molecule has 3 rings (SSSR count). The number of halogens is 1. The number of azo groups is 1. The maximum Gasteiger partial charge on any atom is 0.218 e. The molecule has 0 spiro atoms. The molecule has 0 unspecified atom stereocenters. The molecule has 0 aliphatic heterocycles. The number of aromatic hydroxyl groups is 1. The van der Waals surface area contributed by atoms with Gasteiger partial charge in [0.05, 0.1) is 5.52 Å². The number of nitrogens with zero attached hydrogens (tertiary/aromatic N) is 2. The predicted octanol–water partition coefficient (Wildman–Crippen LogP) is 5.01. The van der Waals surface area contributed by atoms with Crippen molar-refractivity contribution < 1.29 is 5.11 Å². The summed E-state index contributed by atoms with van der Waals surface area (Å²) in [6.45, 7) is 0. The van der Waals surface area contributed by atoms with Crippen LogP contribution in [0.4, 0.5) is 11.4 Å². The summed E-state index contributed by atoms with van der Waals surface area (Å²) in [4.78, 5) is 2.83. The lowest BCUT2D eigenvalue weighted by molar-refractivity contribution is 0.459. The van der Waals surface area contributed by atoms with Gasteiger partial charge >= 0.3 is 0 Å². The van der Waals surface area contributed by atoms with Gasteiger partial charge in [-0.1, -0.05) is 35.9 Å². The first-order valence-corrected chi connectivity index (χ1v) is 7.20. The summed E-state index contributed by atoms with van der Waals surface area (Å²) in [5.41, 5.74) is 1.85. The van der Waals surface area contributed by atoms with Gasteiger partial charge in [0.15, 0.2) is 5.69 Å². The third-order valence-corrected chi connectivity index (χ3v) is 3.40. The van der Waals surface area contributed by atoms with Crippen molar-refractivity contribution >= 4 is 51.2 Å². The molecule has 7 heteroatoms. The van der Waals surface area contributed by atoms with Crippen LogP contribution < -0.4 is 5.32 Å². The second-order valence-electron chi connectivity index (χ2n) is 4.51. The quantitative estimate of drug-likeness (QED) is 0.457. The molecule has 1 aromatic heterocycles. The van der Waals surface area contributed by atoms with Crippen LogP contribution in [0.5, 0.6) is 5.88 Å². The molecule has 0 saturated carbocycles. The van der Waals surface area contributed by atoms with E-state index < -0.39 is 0 Å². The van der Waals surface area contributed by atoms with Crippen molar-refractivity contribution in [3.63, 3.8) is 0 Å². The highest BCUT2D eigenvalue weighted by atomic mass is 35.5. The van der Waals surface area contributed by atoms with E-state index in [9.17, 15) is 5.11 Å². The van der Waals surface area contributed by atoms with Crippen molar-refractivity contribution in [3.05, 3.63) is 53.6 Å². The molecule has 0 aliphatic rings. The molecule has 3 N–H and O–H groups in total. The molecule has 0 amide bonds. The SMILES string of the molecule is Oc1[nH]c2ccccc2c1N=NC(=S)Nc1cccc(Cl)c1. The fourth-order valence-electron chi connectivity index (χ4n) is 2.02. The average molecular weight is 331 g/mol. The second-order valence-corrected chi connectivity index (χ2v) is 5.33. The highest BCUT2D eigenvalue weighted by Gasteiger charge is 2.09. The van der Waals surface area contributed by atoms with Gasteiger partial charge in [-0.25, -0.2) is 0 Å². The number of para-hydroxylation sites is 1. The molecule has 22 heavy (non-hydrogen) atoms. The molecule has 2 aromatic carbocycles. The smallest absolute Gasteiger partial charge is 0.218 e. The van der Waals surface area contributed by atoms with Crippen LogP contribution in [-0.2, 0) is 0 Å². The Hall–Kier alpha value is -2.44. The lowest BCUT2D eigenvalue weighted by atomic mass is 10.2. The van der Waals surface area contributed by atoms with E-state index in [0.29, 0.717) is 10.7 Å². The molecule has 0 radical (unpaired) electrons. The van der Waals surface area contributed by atoms with Gasteiger partial charge in [-0.15, -0.1) is 10.2 Å². The molecule has 5 nitrogen and oxygen atoms in total. The molecule has 0 atom stereocenters. The van der Waals surface area contributed by atoms with Crippen LogP contribution in [-0.4, -0.2) is 15.2 Å². The van der Waals surface area contributed by atoms with E-state index >= 15 is 0 Å². The number of anilines is 1. The Balaban J connectivity index is 1.81. The van der Waals surface area contributed by atoms with Crippen LogP contribution in [0.15, 0.2) is 58.8 Å². The van der Waals surface area contributed by atoms with Crippen LogP contribution >= 0.6 is 23.8 Å². The lowest BCUT2D eigenvalue weighted by Gasteiger charge is -2.02. The van der Waals surface area contributed by atoms with Crippen molar-refractivity contribution in [2.24, 2.45) is 10.2 Å². The summed E-state index contributed by atoms with van der Waals surface area (Å²) in [7, 11) is 0. The number of fused-ring (bicyclic) bond motifs is 1. The lowest BCUT2D eigenvalue weighted by Crippen LogP contribution is -2.04. The van der Waals surface area contributed by atoms with Crippen LogP contribution in [0.1, 0.15) is 0 Å². The topological polar surface area (TPSA) is 72.8 Å². The average Bonchev–Trinajstić information content (AvgIpc) is 2.80. The summed E-state index contributed by atoms with van der Waals surface area (Å²) >= 11 is 11.0. The molecule has 3 aromatic rings. The van der Waals surface area contributed by atoms with Crippen molar-refractivity contribution in [3.8, 4) is 5.88 Å². The number of hydrogen-bond donors (Lipinski definition) is 3. The zero-order valence-corrected chi connectivity index (χ0v) is 12.8. The van der Waals surface area contributed by atoms with Gasteiger partial charge in [-0.05, 0) is 36.5 Å². The van der Waals surface area contributed by atoms with Crippen molar-refractivity contribution in [1.82, 2.24) is 4.98 Å². The fraction of sp³-hybridized carbons (Fsp3) is 0. The minimum Gasteiger partial charge on any atom is -0.493 e. The maximum atomic E-state index is 9.88. The van der Waals surface area contributed by atoms with E-state index in [1.807, 2.05) is 30.3 Å². The van der Waals surface area contributed by atoms with Gasteiger partial charge in [0.25, 0.3) is 0 Å². The minimum absolute atomic E-state index is 0.0458. The van der Waals surface area contributed by atoms with Crippen molar-refractivity contribution in [1.29, 1.82) is 0 Å². The van der Waals surface area contributed by atoms with E-state index in [2.05, 4.69) is 20.5 Å². The predicted molar refractivity (Wildman–Crippen MR) is 92.2 cm³/mol. The third-order valence-electron chi connectivity index (χ3n) is 2.98. The Morgan fingerprint density at radius 2 is 2.00 bits per heavy atom. The standard InChI is InChI=1S/C15H11ClN4OS/c16-9-4-3-5-10(8-9)17-15(22)20-19-13-11-6-1-2-7-12(11)18-14(13)21/h1-8,18,21H,(H,17,22). The Morgan fingerprint density at radius 3 is 2.82 bits per heavy atom. The van der Waals surface area contributed by atoms with Gasteiger partial charge in [-0.2, -0.15) is 0 Å². The maximum absolute atomic E-state index is 9.88. The summed E-state index contributed by atoms with van der Waals surface area (Å²) in [6, 6.07) is 14.5. The van der Waals surface area contributed by atoms with Gasteiger partial charge in [0, 0.05) is 16.1 Å². The number of benzene rings is 2. The molecule has 0 bridgehead atoms. The molecular formula is C15H11ClN4OS. The molecule has 110 valence electrons. The summed E-state index contributed by atoms with van der Waals surface area (Å²) in [6.07, 6.45) is 0. The number of aromatic nitrogens is 1. The third kappa shape index (κ3) is 3.08. The highest BCUT2D eigenvalue weighted by molar-refractivity contribution is 7.80. The first-order valence-electron chi connectivity index (χ1n) is 6.41. The zero-order valence-electron chi connectivity index (χ0n) is 11.2.